The van der Waals surface area contributed by atoms with Crippen LogP contribution in [0.2, 0.25) is 0 Å². The summed E-state index contributed by atoms with van der Waals surface area (Å²) >= 11 is 0. The van der Waals surface area contributed by atoms with Gasteiger partial charge in [-0.1, -0.05) is 6.07 Å². The molecule has 1 atom stereocenters. The first-order chi connectivity index (χ1) is 11.1. The second-order valence-electron chi connectivity index (χ2n) is 5.76. The van der Waals surface area contributed by atoms with Gasteiger partial charge in [0.25, 0.3) is 0 Å². The normalized spacial score (nSPS) is 23.4. The molecular formula is C15H20N4O3S. The van der Waals surface area contributed by atoms with E-state index in [1.165, 1.54) is 0 Å². The minimum absolute atomic E-state index is 0.348. The van der Waals surface area contributed by atoms with Crippen molar-refractivity contribution in [2.24, 2.45) is 0 Å². The summed E-state index contributed by atoms with van der Waals surface area (Å²) in [6.45, 7) is 2.96. The minimum Gasteiger partial charge on any atom is -0.379 e. The first kappa shape index (κ1) is 16.2. The van der Waals surface area contributed by atoms with E-state index in [0.717, 1.165) is 13.0 Å². The minimum atomic E-state index is -3.32. The van der Waals surface area contributed by atoms with E-state index in [4.69, 9.17) is 10.00 Å². The maximum Gasteiger partial charge on any atom is 0.218 e. The van der Waals surface area contributed by atoms with Crippen molar-refractivity contribution in [1.82, 2.24) is 9.29 Å². The third-order valence-electron chi connectivity index (χ3n) is 4.30. The third kappa shape index (κ3) is 3.47. The van der Waals surface area contributed by atoms with Gasteiger partial charge in [0.15, 0.2) is 0 Å². The van der Waals surface area contributed by atoms with Gasteiger partial charge in [0, 0.05) is 26.2 Å². The molecule has 0 bridgehead atoms. The van der Waals surface area contributed by atoms with Crippen LogP contribution in [0.1, 0.15) is 18.5 Å². The molecule has 3 rings (SSSR count). The van der Waals surface area contributed by atoms with Crippen LogP contribution in [-0.4, -0.2) is 62.3 Å². The molecule has 2 saturated heterocycles. The van der Waals surface area contributed by atoms with Gasteiger partial charge >= 0.3 is 0 Å². The van der Waals surface area contributed by atoms with Crippen LogP contribution in [0, 0.1) is 11.3 Å². The van der Waals surface area contributed by atoms with Crippen molar-refractivity contribution in [2.75, 3.05) is 44.3 Å². The van der Waals surface area contributed by atoms with Gasteiger partial charge in [-0.05, 0) is 25.0 Å². The molecule has 1 aromatic rings. The van der Waals surface area contributed by atoms with Gasteiger partial charge in [-0.2, -0.15) is 9.57 Å². The van der Waals surface area contributed by atoms with Crippen LogP contribution in [0.4, 0.5) is 5.82 Å². The zero-order valence-electron chi connectivity index (χ0n) is 12.9. The number of anilines is 1. The molecule has 23 heavy (non-hydrogen) atoms. The lowest BCUT2D eigenvalue weighted by atomic mass is 10.1. The van der Waals surface area contributed by atoms with Gasteiger partial charge in [-0.15, -0.1) is 0 Å². The lowest BCUT2D eigenvalue weighted by Gasteiger charge is -2.36. The molecule has 0 saturated carbocycles. The van der Waals surface area contributed by atoms with Gasteiger partial charge in [0.05, 0.1) is 18.5 Å². The van der Waals surface area contributed by atoms with Crippen LogP contribution in [0.25, 0.3) is 0 Å². The standard InChI is InChI=1S/C15H20N4O3S/c16-11-13-3-1-5-15(17-13)18-6-2-4-14(12-18)23(20,21)19-7-9-22-10-8-19/h1,3,5,14H,2,4,6-10,12H2. The highest BCUT2D eigenvalue weighted by molar-refractivity contribution is 7.89. The Hall–Kier alpha value is -1.69. The highest BCUT2D eigenvalue weighted by Crippen LogP contribution is 2.24. The van der Waals surface area contributed by atoms with Crippen LogP contribution < -0.4 is 4.90 Å². The average molecular weight is 336 g/mol. The summed E-state index contributed by atoms with van der Waals surface area (Å²) in [5.74, 6) is 0.672. The van der Waals surface area contributed by atoms with Gasteiger partial charge in [0.2, 0.25) is 10.0 Å². The van der Waals surface area contributed by atoms with Crippen LogP contribution in [0.5, 0.6) is 0 Å². The molecule has 0 aromatic carbocycles. The van der Waals surface area contributed by atoms with Crippen molar-refractivity contribution in [3.05, 3.63) is 23.9 Å². The summed E-state index contributed by atoms with van der Waals surface area (Å²) in [6, 6.07) is 7.27. The largest absolute Gasteiger partial charge is 0.379 e. The molecule has 7 nitrogen and oxygen atoms in total. The second-order valence-corrected chi connectivity index (χ2v) is 7.97. The van der Waals surface area contributed by atoms with E-state index in [-0.39, 0.29) is 0 Å². The summed E-state index contributed by atoms with van der Waals surface area (Å²) in [5.41, 5.74) is 0.348. The van der Waals surface area contributed by atoms with Crippen LogP contribution in [-0.2, 0) is 14.8 Å². The number of aromatic nitrogens is 1. The maximum atomic E-state index is 12.8. The lowest BCUT2D eigenvalue weighted by Crippen LogP contribution is -2.51. The first-order valence-electron chi connectivity index (χ1n) is 7.80. The summed E-state index contributed by atoms with van der Waals surface area (Å²) in [5, 5.41) is 8.54. The van der Waals surface area contributed by atoms with Crippen molar-refractivity contribution in [3.63, 3.8) is 0 Å². The number of pyridine rings is 1. The van der Waals surface area contributed by atoms with E-state index in [9.17, 15) is 8.42 Å². The Bertz CT molecular complexity index is 695. The Morgan fingerprint density at radius 3 is 2.78 bits per heavy atom. The average Bonchev–Trinajstić information content (AvgIpc) is 2.62. The number of morpholine rings is 1. The monoisotopic (exact) mass is 336 g/mol. The molecular weight excluding hydrogens is 316 g/mol. The Labute approximate surface area is 136 Å². The molecule has 2 aliphatic heterocycles. The molecule has 0 radical (unpaired) electrons. The summed E-state index contributed by atoms with van der Waals surface area (Å²) in [6.07, 6.45) is 1.46. The van der Waals surface area contributed by atoms with Gasteiger partial charge in [0.1, 0.15) is 17.6 Å². The van der Waals surface area contributed by atoms with Gasteiger partial charge in [-0.3, -0.25) is 0 Å². The van der Waals surface area contributed by atoms with E-state index < -0.39 is 15.3 Å². The molecule has 2 aliphatic rings. The molecule has 2 fully saturated rings. The molecule has 3 heterocycles. The van der Waals surface area contributed by atoms with Crippen LogP contribution in [0.3, 0.4) is 0 Å². The molecule has 8 heteroatoms. The highest BCUT2D eigenvalue weighted by atomic mass is 32.2. The van der Waals surface area contributed by atoms with Crippen LogP contribution in [0.15, 0.2) is 18.2 Å². The van der Waals surface area contributed by atoms with E-state index >= 15 is 0 Å². The number of piperidine rings is 1. The smallest absolute Gasteiger partial charge is 0.218 e. The summed E-state index contributed by atoms with van der Waals surface area (Å²) in [7, 11) is -3.32. The zero-order valence-corrected chi connectivity index (χ0v) is 13.7. The fraction of sp³-hybridized carbons (Fsp3) is 0.600. The molecule has 0 N–H and O–H groups in total. The Balaban J connectivity index is 1.76. The predicted octanol–water partition coefficient (Wildman–Crippen LogP) is 0.584. The first-order valence-corrected chi connectivity index (χ1v) is 9.30. The Morgan fingerprint density at radius 1 is 1.26 bits per heavy atom. The molecule has 0 spiro atoms. The van der Waals surface area contributed by atoms with E-state index in [1.54, 1.807) is 16.4 Å². The summed E-state index contributed by atoms with van der Waals surface area (Å²) < 4.78 is 32.4. The number of hydrogen-bond acceptors (Lipinski definition) is 6. The number of nitrogens with zero attached hydrogens (tertiary/aromatic N) is 4. The fourth-order valence-corrected chi connectivity index (χ4v) is 4.98. The van der Waals surface area contributed by atoms with Crippen molar-refractivity contribution in [2.45, 2.75) is 18.1 Å². The Kier molecular flexibility index (Phi) is 4.80. The van der Waals surface area contributed by atoms with Crippen LogP contribution >= 0.6 is 0 Å². The molecule has 0 amide bonds. The molecule has 0 aliphatic carbocycles. The highest BCUT2D eigenvalue weighted by Gasteiger charge is 2.36. The van der Waals surface area contributed by atoms with Crippen molar-refractivity contribution in [3.8, 4) is 6.07 Å². The molecule has 124 valence electrons. The lowest BCUT2D eigenvalue weighted by molar-refractivity contribution is 0.0725. The number of sulfonamides is 1. The Morgan fingerprint density at radius 2 is 2.04 bits per heavy atom. The van der Waals surface area contributed by atoms with Crippen molar-refractivity contribution in [1.29, 1.82) is 5.26 Å². The fourth-order valence-electron chi connectivity index (χ4n) is 3.06. The number of ether oxygens (including phenoxy) is 1. The zero-order chi connectivity index (χ0) is 16.3. The third-order valence-corrected chi connectivity index (χ3v) is 6.61. The number of nitriles is 1. The summed E-state index contributed by atoms with van der Waals surface area (Å²) in [4.78, 5) is 6.25. The number of hydrogen-bond donors (Lipinski definition) is 0. The van der Waals surface area contributed by atoms with Gasteiger partial charge < -0.3 is 9.64 Å². The van der Waals surface area contributed by atoms with E-state index in [0.29, 0.717) is 50.8 Å². The van der Waals surface area contributed by atoms with Gasteiger partial charge in [-0.25, -0.2) is 13.4 Å². The molecule has 1 aromatic heterocycles. The topological polar surface area (TPSA) is 86.5 Å². The molecule has 1 unspecified atom stereocenters. The predicted molar refractivity (Wildman–Crippen MR) is 85.5 cm³/mol. The SMILES string of the molecule is N#Cc1cccc(N2CCCC(S(=O)(=O)N3CCOCC3)C2)n1. The second kappa shape index (κ2) is 6.83. The maximum absolute atomic E-state index is 12.8. The number of rotatable bonds is 3. The van der Waals surface area contributed by atoms with Crippen molar-refractivity contribution >= 4 is 15.8 Å². The van der Waals surface area contributed by atoms with E-state index in [2.05, 4.69) is 4.98 Å². The van der Waals surface area contributed by atoms with E-state index in [1.807, 2.05) is 17.0 Å². The van der Waals surface area contributed by atoms with Crippen molar-refractivity contribution < 1.29 is 13.2 Å². The quantitative estimate of drug-likeness (QED) is 0.803.